The molecular weight excluding hydrogens is 190 g/mol. The van der Waals surface area contributed by atoms with Gasteiger partial charge in [-0.05, 0) is 43.3 Å². The van der Waals surface area contributed by atoms with Crippen LogP contribution in [0.3, 0.4) is 0 Å². The molecule has 1 nitrogen and oxygen atoms in total. The van der Waals surface area contributed by atoms with Gasteiger partial charge < -0.3 is 5.73 Å². The van der Waals surface area contributed by atoms with E-state index in [0.29, 0.717) is 11.5 Å². The second kappa shape index (κ2) is 4.44. The van der Waals surface area contributed by atoms with Crippen molar-refractivity contribution in [1.29, 1.82) is 0 Å². The zero-order valence-corrected chi connectivity index (χ0v) is 10.1. The van der Waals surface area contributed by atoms with Gasteiger partial charge in [-0.25, -0.2) is 0 Å². The van der Waals surface area contributed by atoms with Crippen LogP contribution in [0.5, 0.6) is 0 Å². The van der Waals surface area contributed by atoms with Crippen LogP contribution in [0.4, 0.5) is 0 Å². The summed E-state index contributed by atoms with van der Waals surface area (Å²) in [5.41, 5.74) is 6.91. The van der Waals surface area contributed by atoms with E-state index in [2.05, 4.69) is 18.7 Å². The Bertz CT molecular complexity index is 181. The number of thioether (sulfide) groups is 1. The molecule has 1 heterocycles. The number of nitrogens with two attached hydrogens (primary N) is 1. The fourth-order valence-corrected chi connectivity index (χ4v) is 4.39. The van der Waals surface area contributed by atoms with Gasteiger partial charge in [0.25, 0.3) is 0 Å². The smallest absolute Gasteiger partial charge is 0.0199 e. The Morgan fingerprint density at radius 1 is 1.36 bits per heavy atom. The van der Waals surface area contributed by atoms with Gasteiger partial charge in [0.05, 0.1) is 0 Å². The average Bonchev–Trinajstić information content (AvgIpc) is 2.74. The lowest BCUT2D eigenvalue weighted by Crippen LogP contribution is -2.35. The van der Waals surface area contributed by atoms with Gasteiger partial charge in [0.2, 0.25) is 0 Å². The molecule has 82 valence electrons. The molecule has 2 unspecified atom stereocenters. The lowest BCUT2D eigenvalue weighted by Gasteiger charge is -2.29. The molecule has 2 atom stereocenters. The van der Waals surface area contributed by atoms with Crippen molar-refractivity contribution < 1.29 is 0 Å². The summed E-state index contributed by atoms with van der Waals surface area (Å²) in [6.45, 7) is 2.44. The summed E-state index contributed by atoms with van der Waals surface area (Å²) in [6, 6.07) is 0.464. The predicted molar refractivity (Wildman–Crippen MR) is 64.6 cm³/mol. The van der Waals surface area contributed by atoms with Crippen LogP contribution in [0.25, 0.3) is 0 Å². The maximum Gasteiger partial charge on any atom is 0.0199 e. The lowest BCUT2D eigenvalue weighted by molar-refractivity contribution is 0.277. The van der Waals surface area contributed by atoms with Crippen molar-refractivity contribution in [2.45, 2.75) is 63.2 Å². The van der Waals surface area contributed by atoms with Crippen LogP contribution in [0.1, 0.15) is 51.9 Å². The van der Waals surface area contributed by atoms with E-state index in [1.165, 1.54) is 50.7 Å². The van der Waals surface area contributed by atoms with Crippen molar-refractivity contribution >= 4 is 11.8 Å². The predicted octanol–water partition coefficient (Wildman–Crippen LogP) is 3.18. The van der Waals surface area contributed by atoms with E-state index in [4.69, 9.17) is 5.73 Å². The van der Waals surface area contributed by atoms with E-state index in [-0.39, 0.29) is 0 Å². The third-order valence-corrected chi connectivity index (χ3v) is 5.52. The number of rotatable bonds is 3. The highest BCUT2D eigenvalue weighted by Gasteiger charge is 2.33. The fourth-order valence-electron chi connectivity index (χ4n) is 3.07. The van der Waals surface area contributed by atoms with E-state index in [1.54, 1.807) is 0 Å². The van der Waals surface area contributed by atoms with Gasteiger partial charge in [0.15, 0.2) is 0 Å². The zero-order valence-electron chi connectivity index (χ0n) is 9.30. The molecule has 0 bridgehead atoms. The van der Waals surface area contributed by atoms with Crippen molar-refractivity contribution in [2.75, 3.05) is 5.75 Å². The second-order valence-corrected chi connectivity index (χ2v) is 6.78. The Hall–Kier alpha value is 0.310. The van der Waals surface area contributed by atoms with Crippen molar-refractivity contribution in [3.05, 3.63) is 0 Å². The average molecular weight is 213 g/mol. The summed E-state index contributed by atoms with van der Waals surface area (Å²) in [6.07, 6.45) is 9.71. The third-order valence-electron chi connectivity index (χ3n) is 3.98. The molecule has 14 heavy (non-hydrogen) atoms. The third kappa shape index (κ3) is 2.46. The SMILES string of the molecule is CC1(CC(N)C2CCCS2)CCCC1. The highest BCUT2D eigenvalue weighted by atomic mass is 32.2. The quantitative estimate of drug-likeness (QED) is 0.779. The molecule has 0 aromatic rings. The molecule has 2 N–H and O–H groups in total. The second-order valence-electron chi connectivity index (χ2n) is 5.44. The summed E-state index contributed by atoms with van der Waals surface area (Å²) in [5, 5.41) is 0.771. The van der Waals surface area contributed by atoms with E-state index >= 15 is 0 Å². The minimum absolute atomic E-state index is 0.464. The Kier molecular flexibility index (Phi) is 3.43. The fraction of sp³-hybridized carbons (Fsp3) is 1.00. The summed E-state index contributed by atoms with van der Waals surface area (Å²) >= 11 is 2.11. The molecule has 2 rings (SSSR count). The minimum atomic E-state index is 0.464. The molecule has 0 aromatic carbocycles. The van der Waals surface area contributed by atoms with Crippen LogP contribution in [-0.2, 0) is 0 Å². The molecule has 2 aliphatic rings. The van der Waals surface area contributed by atoms with Gasteiger partial charge in [0, 0.05) is 11.3 Å². The van der Waals surface area contributed by atoms with E-state index in [9.17, 15) is 0 Å². The van der Waals surface area contributed by atoms with Crippen LogP contribution in [0.15, 0.2) is 0 Å². The van der Waals surface area contributed by atoms with Crippen molar-refractivity contribution in [3.63, 3.8) is 0 Å². The molecule has 2 fully saturated rings. The molecule has 1 saturated heterocycles. The molecule has 2 heteroatoms. The lowest BCUT2D eigenvalue weighted by atomic mass is 9.81. The summed E-state index contributed by atoms with van der Waals surface area (Å²) in [5.74, 6) is 1.34. The molecule has 1 aliphatic carbocycles. The summed E-state index contributed by atoms with van der Waals surface area (Å²) < 4.78 is 0. The van der Waals surface area contributed by atoms with Crippen molar-refractivity contribution in [3.8, 4) is 0 Å². The van der Waals surface area contributed by atoms with E-state index in [0.717, 1.165) is 5.25 Å². The Labute approximate surface area is 92.2 Å². The van der Waals surface area contributed by atoms with Crippen LogP contribution >= 0.6 is 11.8 Å². The number of hydrogen-bond donors (Lipinski definition) is 1. The summed E-state index contributed by atoms with van der Waals surface area (Å²) in [7, 11) is 0. The number of hydrogen-bond acceptors (Lipinski definition) is 2. The molecule has 0 spiro atoms. The molecule has 0 radical (unpaired) electrons. The van der Waals surface area contributed by atoms with Gasteiger partial charge in [-0.1, -0.05) is 19.8 Å². The summed E-state index contributed by atoms with van der Waals surface area (Å²) in [4.78, 5) is 0. The highest BCUT2D eigenvalue weighted by Crippen LogP contribution is 2.43. The molecule has 1 saturated carbocycles. The first-order chi connectivity index (χ1) is 6.70. The maximum absolute atomic E-state index is 6.32. The monoisotopic (exact) mass is 213 g/mol. The van der Waals surface area contributed by atoms with E-state index < -0.39 is 0 Å². The van der Waals surface area contributed by atoms with Gasteiger partial charge in [-0.2, -0.15) is 11.8 Å². The Balaban J connectivity index is 1.83. The van der Waals surface area contributed by atoms with Crippen LogP contribution in [0.2, 0.25) is 0 Å². The largest absolute Gasteiger partial charge is 0.327 e. The van der Waals surface area contributed by atoms with Gasteiger partial charge in [-0.3, -0.25) is 0 Å². The van der Waals surface area contributed by atoms with Gasteiger partial charge in [0.1, 0.15) is 0 Å². The standard InChI is InChI=1S/C12H23NS/c1-12(6-2-3-7-12)9-10(13)11-5-4-8-14-11/h10-11H,2-9,13H2,1H3. The van der Waals surface area contributed by atoms with Crippen LogP contribution < -0.4 is 5.73 Å². The topological polar surface area (TPSA) is 26.0 Å². The maximum atomic E-state index is 6.32. The van der Waals surface area contributed by atoms with Crippen LogP contribution in [-0.4, -0.2) is 17.0 Å². The Morgan fingerprint density at radius 3 is 2.64 bits per heavy atom. The minimum Gasteiger partial charge on any atom is -0.327 e. The first-order valence-corrected chi connectivity index (χ1v) is 7.12. The highest BCUT2D eigenvalue weighted by molar-refractivity contribution is 8.00. The molecule has 0 amide bonds. The van der Waals surface area contributed by atoms with Crippen LogP contribution in [0, 0.1) is 5.41 Å². The molecular formula is C12H23NS. The Morgan fingerprint density at radius 2 is 2.07 bits per heavy atom. The van der Waals surface area contributed by atoms with E-state index in [1.807, 2.05) is 0 Å². The first-order valence-electron chi connectivity index (χ1n) is 6.07. The molecule has 1 aliphatic heterocycles. The molecule has 0 aromatic heterocycles. The first kappa shape index (κ1) is 10.8. The normalized spacial score (nSPS) is 33.4. The van der Waals surface area contributed by atoms with Gasteiger partial charge >= 0.3 is 0 Å². The van der Waals surface area contributed by atoms with Crippen molar-refractivity contribution in [1.82, 2.24) is 0 Å². The zero-order chi connectivity index (χ0) is 10.0. The van der Waals surface area contributed by atoms with Crippen molar-refractivity contribution in [2.24, 2.45) is 11.1 Å². The van der Waals surface area contributed by atoms with Gasteiger partial charge in [-0.15, -0.1) is 0 Å².